The normalized spacial score (nSPS) is 24.6. The van der Waals surface area contributed by atoms with Crippen LogP contribution in [0, 0.1) is 0 Å². The van der Waals surface area contributed by atoms with Crippen LogP contribution in [-0.2, 0) is 0 Å². The van der Waals surface area contributed by atoms with Gasteiger partial charge in [0.2, 0.25) is 0 Å². The molecule has 0 aliphatic carbocycles. The summed E-state index contributed by atoms with van der Waals surface area (Å²) in [6.45, 7) is 5.69. The van der Waals surface area contributed by atoms with Gasteiger partial charge in [0, 0.05) is 12.6 Å². The third kappa shape index (κ3) is 2.67. The van der Waals surface area contributed by atoms with Gasteiger partial charge in [0.15, 0.2) is 0 Å². The molecule has 0 spiro atoms. The van der Waals surface area contributed by atoms with E-state index >= 15 is 0 Å². The zero-order chi connectivity index (χ0) is 7.40. The minimum absolute atomic E-state index is 0.345. The highest BCUT2D eigenvalue weighted by molar-refractivity contribution is 4.67. The van der Waals surface area contributed by atoms with Crippen LogP contribution >= 0.6 is 0 Å². The van der Waals surface area contributed by atoms with E-state index in [1.165, 1.54) is 32.4 Å². The first kappa shape index (κ1) is 8.02. The molecule has 0 aromatic rings. The van der Waals surface area contributed by atoms with Crippen molar-refractivity contribution in [3.8, 4) is 0 Å². The lowest BCUT2D eigenvalue weighted by molar-refractivity contribution is 0.219. The molecule has 2 N–H and O–H groups in total. The maximum absolute atomic E-state index is 5.68. The second kappa shape index (κ2) is 3.94. The van der Waals surface area contributed by atoms with Gasteiger partial charge in [-0.1, -0.05) is 6.42 Å². The van der Waals surface area contributed by atoms with E-state index in [0.29, 0.717) is 6.04 Å². The number of hydrogen-bond acceptors (Lipinski definition) is 2. The first-order chi connectivity index (χ1) is 4.79. The molecule has 0 aromatic carbocycles. The first-order valence-corrected chi connectivity index (χ1v) is 4.27. The van der Waals surface area contributed by atoms with Gasteiger partial charge in [-0.3, -0.25) is 0 Å². The molecule has 1 aliphatic rings. The van der Waals surface area contributed by atoms with Crippen LogP contribution < -0.4 is 5.73 Å². The first-order valence-electron chi connectivity index (χ1n) is 4.27. The van der Waals surface area contributed by atoms with Crippen LogP contribution in [0.2, 0.25) is 0 Å². The van der Waals surface area contributed by atoms with Gasteiger partial charge >= 0.3 is 0 Å². The zero-order valence-electron chi connectivity index (χ0n) is 6.84. The van der Waals surface area contributed by atoms with Crippen molar-refractivity contribution >= 4 is 0 Å². The second-order valence-electron chi connectivity index (χ2n) is 3.34. The lowest BCUT2D eigenvalue weighted by Crippen LogP contribution is -2.38. The maximum Gasteiger partial charge on any atom is 0.0139 e. The second-order valence-corrected chi connectivity index (χ2v) is 3.34. The SMILES string of the molecule is C[C@@H](N)CN1CCCCC1. The molecule has 1 saturated heterocycles. The highest BCUT2D eigenvalue weighted by Crippen LogP contribution is 2.07. The number of piperidine rings is 1. The van der Waals surface area contributed by atoms with Crippen molar-refractivity contribution in [3.63, 3.8) is 0 Å². The van der Waals surface area contributed by atoms with Gasteiger partial charge in [0.1, 0.15) is 0 Å². The van der Waals surface area contributed by atoms with Crippen LogP contribution in [-0.4, -0.2) is 30.6 Å². The fourth-order valence-electron chi connectivity index (χ4n) is 1.55. The molecule has 2 nitrogen and oxygen atoms in total. The Morgan fingerprint density at radius 2 is 1.90 bits per heavy atom. The van der Waals surface area contributed by atoms with E-state index in [-0.39, 0.29) is 0 Å². The Labute approximate surface area is 63.4 Å². The number of nitrogens with two attached hydrogens (primary N) is 1. The number of likely N-dealkylation sites (tertiary alicyclic amines) is 1. The summed E-state index contributed by atoms with van der Waals surface area (Å²) in [5.41, 5.74) is 5.68. The third-order valence-corrected chi connectivity index (χ3v) is 1.99. The topological polar surface area (TPSA) is 29.3 Å². The largest absolute Gasteiger partial charge is 0.327 e. The Kier molecular flexibility index (Phi) is 3.16. The van der Waals surface area contributed by atoms with Gasteiger partial charge < -0.3 is 10.6 Å². The molecule has 10 heavy (non-hydrogen) atoms. The van der Waals surface area contributed by atoms with E-state index in [1.807, 2.05) is 0 Å². The Balaban J connectivity index is 2.13. The van der Waals surface area contributed by atoms with Crippen LogP contribution in [0.3, 0.4) is 0 Å². The number of nitrogens with zero attached hydrogens (tertiary/aromatic N) is 1. The Bertz CT molecular complexity index is 85.3. The lowest BCUT2D eigenvalue weighted by atomic mass is 10.1. The summed E-state index contributed by atoms with van der Waals surface area (Å²) in [6.07, 6.45) is 4.15. The van der Waals surface area contributed by atoms with Crippen LogP contribution in [0.1, 0.15) is 26.2 Å². The van der Waals surface area contributed by atoms with Crippen LogP contribution in [0.4, 0.5) is 0 Å². The molecule has 1 atom stereocenters. The minimum Gasteiger partial charge on any atom is -0.327 e. The summed E-state index contributed by atoms with van der Waals surface area (Å²) in [4.78, 5) is 2.47. The zero-order valence-corrected chi connectivity index (χ0v) is 6.84. The monoisotopic (exact) mass is 142 g/mol. The standard InChI is InChI=1S/C8H18N2/c1-8(9)7-10-5-3-2-4-6-10/h8H,2-7,9H2,1H3/t8-/m1/s1. The van der Waals surface area contributed by atoms with E-state index in [2.05, 4.69) is 11.8 Å². The summed E-state index contributed by atoms with van der Waals surface area (Å²) in [7, 11) is 0. The highest BCUT2D eigenvalue weighted by Gasteiger charge is 2.10. The molecular weight excluding hydrogens is 124 g/mol. The smallest absolute Gasteiger partial charge is 0.0139 e. The van der Waals surface area contributed by atoms with Crippen molar-refractivity contribution in [2.24, 2.45) is 5.73 Å². The average Bonchev–Trinajstić information content (AvgIpc) is 1.88. The fourth-order valence-corrected chi connectivity index (χ4v) is 1.55. The van der Waals surface area contributed by atoms with Crippen LogP contribution in [0.25, 0.3) is 0 Å². The molecule has 60 valence electrons. The van der Waals surface area contributed by atoms with E-state index in [1.54, 1.807) is 0 Å². The summed E-state index contributed by atoms with van der Waals surface area (Å²) in [6, 6.07) is 0.345. The molecule has 1 fully saturated rings. The lowest BCUT2D eigenvalue weighted by Gasteiger charge is -2.27. The van der Waals surface area contributed by atoms with Crippen molar-refractivity contribution in [1.82, 2.24) is 4.90 Å². The maximum atomic E-state index is 5.68. The molecular formula is C8H18N2. The van der Waals surface area contributed by atoms with E-state index in [0.717, 1.165) is 6.54 Å². The molecule has 1 rings (SSSR count). The fraction of sp³-hybridized carbons (Fsp3) is 1.00. The van der Waals surface area contributed by atoms with Gasteiger partial charge in [-0.2, -0.15) is 0 Å². The van der Waals surface area contributed by atoms with Gasteiger partial charge in [-0.25, -0.2) is 0 Å². The summed E-state index contributed by atoms with van der Waals surface area (Å²) in [5.74, 6) is 0. The molecule has 0 radical (unpaired) electrons. The quantitative estimate of drug-likeness (QED) is 0.618. The van der Waals surface area contributed by atoms with Crippen molar-refractivity contribution in [3.05, 3.63) is 0 Å². The molecule has 0 saturated carbocycles. The molecule has 1 aliphatic heterocycles. The van der Waals surface area contributed by atoms with Crippen molar-refractivity contribution in [2.75, 3.05) is 19.6 Å². The molecule has 0 bridgehead atoms. The Hall–Kier alpha value is -0.0800. The van der Waals surface area contributed by atoms with Gasteiger partial charge in [0.05, 0.1) is 0 Å². The molecule has 0 amide bonds. The molecule has 2 heteroatoms. The number of rotatable bonds is 2. The van der Waals surface area contributed by atoms with Gasteiger partial charge in [0.25, 0.3) is 0 Å². The average molecular weight is 142 g/mol. The van der Waals surface area contributed by atoms with Crippen molar-refractivity contribution in [1.29, 1.82) is 0 Å². The van der Waals surface area contributed by atoms with Crippen molar-refractivity contribution < 1.29 is 0 Å². The minimum atomic E-state index is 0.345. The molecule has 0 aromatic heterocycles. The third-order valence-electron chi connectivity index (χ3n) is 1.99. The van der Waals surface area contributed by atoms with E-state index < -0.39 is 0 Å². The van der Waals surface area contributed by atoms with Crippen molar-refractivity contribution in [2.45, 2.75) is 32.2 Å². The Morgan fingerprint density at radius 1 is 1.30 bits per heavy atom. The molecule has 1 heterocycles. The van der Waals surface area contributed by atoms with E-state index in [4.69, 9.17) is 5.73 Å². The molecule has 0 unspecified atom stereocenters. The predicted octanol–water partition coefficient (Wildman–Crippen LogP) is 0.819. The summed E-state index contributed by atoms with van der Waals surface area (Å²) >= 11 is 0. The van der Waals surface area contributed by atoms with E-state index in [9.17, 15) is 0 Å². The Morgan fingerprint density at radius 3 is 2.40 bits per heavy atom. The van der Waals surface area contributed by atoms with Gasteiger partial charge in [-0.15, -0.1) is 0 Å². The van der Waals surface area contributed by atoms with Crippen LogP contribution in [0.15, 0.2) is 0 Å². The number of hydrogen-bond donors (Lipinski definition) is 1. The highest BCUT2D eigenvalue weighted by atomic mass is 15.1. The summed E-state index contributed by atoms with van der Waals surface area (Å²) < 4.78 is 0. The summed E-state index contributed by atoms with van der Waals surface area (Å²) in [5, 5.41) is 0. The predicted molar refractivity (Wildman–Crippen MR) is 43.9 cm³/mol. The van der Waals surface area contributed by atoms with Gasteiger partial charge in [-0.05, 0) is 32.9 Å². The van der Waals surface area contributed by atoms with Crippen LogP contribution in [0.5, 0.6) is 0 Å².